The summed E-state index contributed by atoms with van der Waals surface area (Å²) in [6.45, 7) is -0.173. The van der Waals surface area contributed by atoms with Crippen molar-refractivity contribution in [2.75, 3.05) is 17.0 Å². The number of nitrogens with zero attached hydrogens (tertiary/aromatic N) is 2. The van der Waals surface area contributed by atoms with E-state index in [-0.39, 0.29) is 35.6 Å². The predicted octanol–water partition coefficient (Wildman–Crippen LogP) is -0.415. The van der Waals surface area contributed by atoms with E-state index >= 15 is 0 Å². The predicted molar refractivity (Wildman–Crippen MR) is 122 cm³/mol. The van der Waals surface area contributed by atoms with Gasteiger partial charge in [-0.05, 0) is 30.9 Å². The standard InChI is InChI=1S/C20H26N6O5S/c21-20(22)23-10-4-8-16(13-27)24-18(28)12-26-11-5-9-17(19(26)29)25-32(30,31)14-15-6-2-1-3-7-15/h1-3,5-6,8-9,11,13,15,25H,4,7,10,12,14H2,(H,24,28)(H4,21,22,23)/b16-8+. The molecule has 0 bridgehead atoms. The average molecular weight is 463 g/mol. The SMILES string of the molecule is NC(N)=NCC/C=C(\C=O)NC(=O)Cn1cccc(NS(=O)(=O)CC2C=CC=CC2)c1=O. The number of guanidine groups is 1. The second kappa shape index (κ2) is 11.6. The van der Waals surface area contributed by atoms with Gasteiger partial charge in [0.05, 0.1) is 11.4 Å². The molecule has 0 aliphatic heterocycles. The smallest absolute Gasteiger partial charge is 0.275 e. The van der Waals surface area contributed by atoms with Crippen LogP contribution in [0.25, 0.3) is 0 Å². The summed E-state index contributed by atoms with van der Waals surface area (Å²) < 4.78 is 28.2. The van der Waals surface area contributed by atoms with Gasteiger partial charge in [-0.25, -0.2) is 8.42 Å². The monoisotopic (exact) mass is 462 g/mol. The van der Waals surface area contributed by atoms with Gasteiger partial charge in [0.25, 0.3) is 5.56 Å². The molecule has 1 aromatic heterocycles. The Morgan fingerprint density at radius 1 is 1.31 bits per heavy atom. The molecule has 0 saturated heterocycles. The molecule has 1 amide bonds. The number of anilines is 1. The van der Waals surface area contributed by atoms with Crippen LogP contribution in [0.3, 0.4) is 0 Å². The summed E-state index contributed by atoms with van der Waals surface area (Å²) >= 11 is 0. The first-order valence-electron chi connectivity index (χ1n) is 9.74. The van der Waals surface area contributed by atoms with E-state index in [9.17, 15) is 22.8 Å². The molecule has 32 heavy (non-hydrogen) atoms. The van der Waals surface area contributed by atoms with Crippen LogP contribution in [0.5, 0.6) is 0 Å². The van der Waals surface area contributed by atoms with Crippen molar-refractivity contribution >= 4 is 33.9 Å². The molecule has 12 heteroatoms. The van der Waals surface area contributed by atoms with Gasteiger partial charge in [0.15, 0.2) is 12.2 Å². The minimum Gasteiger partial charge on any atom is -0.370 e. The molecule has 2 rings (SSSR count). The number of aliphatic imine (C=N–C) groups is 1. The summed E-state index contributed by atoms with van der Waals surface area (Å²) in [5.74, 6) is -1.08. The minimum atomic E-state index is -3.78. The van der Waals surface area contributed by atoms with Crippen molar-refractivity contribution in [3.05, 3.63) is 64.8 Å². The molecule has 1 unspecified atom stereocenters. The maximum atomic E-state index is 12.6. The fraction of sp³-hybridized carbons (Fsp3) is 0.300. The van der Waals surface area contributed by atoms with Gasteiger partial charge >= 0.3 is 0 Å². The Labute approximate surface area is 185 Å². The van der Waals surface area contributed by atoms with E-state index < -0.39 is 28.0 Å². The number of aromatic nitrogens is 1. The largest absolute Gasteiger partial charge is 0.370 e. The summed E-state index contributed by atoms with van der Waals surface area (Å²) in [6.07, 6.45) is 11.4. The number of rotatable bonds is 11. The van der Waals surface area contributed by atoms with Crippen molar-refractivity contribution in [1.29, 1.82) is 0 Å². The fourth-order valence-corrected chi connectivity index (χ4v) is 4.27. The van der Waals surface area contributed by atoms with E-state index in [1.165, 1.54) is 24.4 Å². The molecule has 1 atom stereocenters. The molecule has 0 aromatic carbocycles. The number of amides is 1. The lowest BCUT2D eigenvalue weighted by Gasteiger charge is -2.15. The zero-order chi connectivity index (χ0) is 23.6. The van der Waals surface area contributed by atoms with Crippen LogP contribution in [0.2, 0.25) is 0 Å². The van der Waals surface area contributed by atoms with E-state index in [1.807, 2.05) is 12.2 Å². The molecule has 1 heterocycles. The number of pyridine rings is 1. The molecule has 1 aliphatic carbocycles. The zero-order valence-electron chi connectivity index (χ0n) is 17.3. The number of carbonyl (C=O) groups is 2. The summed E-state index contributed by atoms with van der Waals surface area (Å²) in [5.41, 5.74) is 9.56. The Kier molecular flexibility index (Phi) is 8.95. The Morgan fingerprint density at radius 3 is 2.75 bits per heavy atom. The van der Waals surface area contributed by atoms with E-state index in [4.69, 9.17) is 11.5 Å². The molecule has 172 valence electrons. The first-order valence-corrected chi connectivity index (χ1v) is 11.4. The second-order valence-corrected chi connectivity index (χ2v) is 8.73. The maximum Gasteiger partial charge on any atom is 0.275 e. The zero-order valence-corrected chi connectivity index (χ0v) is 18.1. The maximum absolute atomic E-state index is 12.6. The number of nitrogens with one attached hydrogen (secondary N) is 2. The molecule has 1 aromatic rings. The van der Waals surface area contributed by atoms with Crippen molar-refractivity contribution in [2.24, 2.45) is 22.4 Å². The molecule has 0 fully saturated rings. The average Bonchev–Trinajstić information content (AvgIpc) is 2.73. The van der Waals surface area contributed by atoms with Crippen molar-refractivity contribution in [1.82, 2.24) is 9.88 Å². The number of allylic oxidation sites excluding steroid dienone is 5. The third kappa shape index (κ3) is 8.22. The molecule has 1 aliphatic rings. The van der Waals surface area contributed by atoms with E-state index in [1.54, 1.807) is 12.2 Å². The lowest BCUT2D eigenvalue weighted by Crippen LogP contribution is -2.34. The molecule has 11 nitrogen and oxygen atoms in total. The molecule has 0 spiro atoms. The first-order chi connectivity index (χ1) is 15.2. The number of aldehydes is 1. The van der Waals surface area contributed by atoms with Crippen LogP contribution in [-0.4, -0.2) is 43.4 Å². The summed E-state index contributed by atoms with van der Waals surface area (Å²) in [5, 5.41) is 2.38. The number of nitrogens with two attached hydrogens (primary N) is 2. The number of carbonyl (C=O) groups excluding carboxylic acids is 2. The molecular formula is C20H26N6O5S. The van der Waals surface area contributed by atoms with Gasteiger partial charge in [-0.3, -0.25) is 24.1 Å². The third-order valence-corrected chi connectivity index (χ3v) is 5.70. The fourth-order valence-electron chi connectivity index (χ4n) is 2.88. The van der Waals surface area contributed by atoms with E-state index in [0.717, 1.165) is 4.57 Å². The van der Waals surface area contributed by atoms with Gasteiger partial charge < -0.3 is 21.4 Å². The van der Waals surface area contributed by atoms with Crippen LogP contribution < -0.4 is 27.1 Å². The Morgan fingerprint density at radius 2 is 2.09 bits per heavy atom. The van der Waals surface area contributed by atoms with E-state index in [2.05, 4.69) is 15.0 Å². The number of hydrogen-bond donors (Lipinski definition) is 4. The Balaban J connectivity index is 2.02. The molecule has 6 N–H and O–H groups in total. The van der Waals surface area contributed by atoms with Crippen LogP contribution >= 0.6 is 0 Å². The second-order valence-electron chi connectivity index (χ2n) is 6.97. The van der Waals surface area contributed by atoms with Gasteiger partial charge in [-0.15, -0.1) is 0 Å². The lowest BCUT2D eigenvalue weighted by atomic mass is 10.0. The van der Waals surface area contributed by atoms with Gasteiger partial charge in [-0.1, -0.05) is 30.4 Å². The van der Waals surface area contributed by atoms with Crippen LogP contribution in [0.4, 0.5) is 5.69 Å². The van der Waals surface area contributed by atoms with Crippen LogP contribution in [0.1, 0.15) is 12.8 Å². The summed E-state index contributed by atoms with van der Waals surface area (Å²) in [4.78, 5) is 39.8. The summed E-state index contributed by atoms with van der Waals surface area (Å²) in [7, 11) is -3.78. The van der Waals surface area contributed by atoms with Crippen molar-refractivity contribution < 1.29 is 18.0 Å². The summed E-state index contributed by atoms with van der Waals surface area (Å²) in [6, 6.07) is 2.77. The van der Waals surface area contributed by atoms with Gasteiger partial charge in [-0.2, -0.15) is 0 Å². The van der Waals surface area contributed by atoms with Crippen LogP contribution in [0, 0.1) is 5.92 Å². The number of sulfonamides is 1. The molecular weight excluding hydrogens is 436 g/mol. The lowest BCUT2D eigenvalue weighted by molar-refractivity contribution is -0.121. The highest BCUT2D eigenvalue weighted by atomic mass is 32.2. The third-order valence-electron chi connectivity index (χ3n) is 4.30. The normalized spacial score (nSPS) is 15.8. The topological polar surface area (TPSA) is 179 Å². The highest BCUT2D eigenvalue weighted by Crippen LogP contribution is 2.15. The van der Waals surface area contributed by atoms with Crippen molar-refractivity contribution in [3.8, 4) is 0 Å². The molecule has 0 saturated carbocycles. The Bertz CT molecular complexity index is 1110. The highest BCUT2D eigenvalue weighted by Gasteiger charge is 2.19. The first kappa shape index (κ1) is 24.6. The highest BCUT2D eigenvalue weighted by molar-refractivity contribution is 7.92. The van der Waals surface area contributed by atoms with E-state index in [0.29, 0.717) is 19.1 Å². The van der Waals surface area contributed by atoms with Crippen LogP contribution in [-0.2, 0) is 26.2 Å². The van der Waals surface area contributed by atoms with Gasteiger partial charge in [0, 0.05) is 12.7 Å². The molecule has 0 radical (unpaired) electrons. The van der Waals surface area contributed by atoms with Crippen molar-refractivity contribution in [2.45, 2.75) is 19.4 Å². The van der Waals surface area contributed by atoms with Crippen molar-refractivity contribution in [3.63, 3.8) is 0 Å². The minimum absolute atomic E-state index is 0.000264. The van der Waals surface area contributed by atoms with Gasteiger partial charge in [0.2, 0.25) is 15.9 Å². The number of hydrogen-bond acceptors (Lipinski definition) is 6. The van der Waals surface area contributed by atoms with Gasteiger partial charge in [0.1, 0.15) is 12.2 Å². The van der Waals surface area contributed by atoms with Crippen LogP contribution in [0.15, 0.2) is 64.2 Å². The Hall–Kier alpha value is -3.67. The quantitative estimate of drug-likeness (QED) is 0.113.